The van der Waals surface area contributed by atoms with E-state index in [1.165, 1.54) is 37.4 Å². The summed E-state index contributed by atoms with van der Waals surface area (Å²) in [5, 5.41) is 5.84. The Labute approximate surface area is 176 Å². The van der Waals surface area contributed by atoms with Crippen LogP contribution in [0, 0.1) is 11.6 Å². The maximum Gasteiger partial charge on any atom is 0.272 e. The summed E-state index contributed by atoms with van der Waals surface area (Å²) in [4.78, 5) is 28.6. The van der Waals surface area contributed by atoms with Crippen LogP contribution in [0.1, 0.15) is 23.0 Å². The highest BCUT2D eigenvalue weighted by Gasteiger charge is 2.18. The Kier molecular flexibility index (Phi) is 5.44. The first-order chi connectivity index (χ1) is 14.9. The van der Waals surface area contributed by atoms with Crippen LogP contribution < -0.4 is 10.6 Å². The van der Waals surface area contributed by atoms with E-state index in [9.17, 15) is 18.4 Å². The molecule has 6 nitrogen and oxygen atoms in total. The van der Waals surface area contributed by atoms with Gasteiger partial charge in [-0.05, 0) is 54.1 Å². The van der Waals surface area contributed by atoms with Crippen LogP contribution in [-0.2, 0) is 11.3 Å². The fourth-order valence-electron chi connectivity index (χ4n) is 3.38. The average Bonchev–Trinajstić information content (AvgIpc) is 3.06. The van der Waals surface area contributed by atoms with Crippen molar-refractivity contribution in [1.82, 2.24) is 9.55 Å². The van der Waals surface area contributed by atoms with Crippen molar-refractivity contribution in [3.05, 3.63) is 89.8 Å². The fraction of sp³-hybridized carbons (Fsp3) is 0.0870. The predicted molar refractivity (Wildman–Crippen MR) is 114 cm³/mol. The van der Waals surface area contributed by atoms with Crippen molar-refractivity contribution in [2.45, 2.75) is 13.5 Å². The number of pyridine rings is 1. The summed E-state index contributed by atoms with van der Waals surface area (Å²) in [6.45, 7) is 1.55. The van der Waals surface area contributed by atoms with Crippen molar-refractivity contribution in [1.29, 1.82) is 0 Å². The minimum absolute atomic E-state index is 0.210. The first-order valence-electron chi connectivity index (χ1n) is 9.48. The molecule has 2 amide bonds. The average molecular weight is 420 g/mol. The standard InChI is InChI=1S/C23H18F2N4O2/c1-14(30)27-22-19(6-3-9-26-22)28-23(31)21-12-16-11-18(25)7-8-20(16)29(21)13-15-4-2-5-17(24)10-15/h2-12H,13H2,1H3,(H,28,31)(H,26,27,30). The fourth-order valence-corrected chi connectivity index (χ4v) is 3.38. The number of carbonyl (C=O) groups is 2. The molecule has 2 aromatic heterocycles. The lowest BCUT2D eigenvalue weighted by Crippen LogP contribution is -2.19. The minimum Gasteiger partial charge on any atom is -0.332 e. The number of anilines is 2. The molecule has 0 aliphatic carbocycles. The molecule has 4 rings (SSSR count). The summed E-state index contributed by atoms with van der Waals surface area (Å²) < 4.78 is 29.1. The second-order valence-electron chi connectivity index (χ2n) is 6.98. The lowest BCUT2D eigenvalue weighted by atomic mass is 10.2. The molecule has 2 heterocycles. The van der Waals surface area contributed by atoms with Crippen LogP contribution in [0.2, 0.25) is 0 Å². The number of aromatic nitrogens is 2. The smallest absolute Gasteiger partial charge is 0.272 e. The van der Waals surface area contributed by atoms with Crippen molar-refractivity contribution in [2.75, 3.05) is 10.6 Å². The van der Waals surface area contributed by atoms with Crippen LogP contribution in [0.5, 0.6) is 0 Å². The Bertz CT molecular complexity index is 1300. The number of fused-ring (bicyclic) bond motifs is 1. The lowest BCUT2D eigenvalue weighted by Gasteiger charge is -2.13. The second kappa shape index (κ2) is 8.35. The van der Waals surface area contributed by atoms with Crippen molar-refractivity contribution < 1.29 is 18.4 Å². The van der Waals surface area contributed by atoms with Gasteiger partial charge in [-0.1, -0.05) is 12.1 Å². The Morgan fingerprint density at radius 2 is 1.77 bits per heavy atom. The number of benzene rings is 2. The van der Waals surface area contributed by atoms with Crippen molar-refractivity contribution >= 4 is 34.2 Å². The summed E-state index contributed by atoms with van der Waals surface area (Å²) >= 11 is 0. The van der Waals surface area contributed by atoms with E-state index in [4.69, 9.17) is 0 Å². The van der Waals surface area contributed by atoms with Crippen LogP contribution in [0.3, 0.4) is 0 Å². The third-order valence-electron chi connectivity index (χ3n) is 4.68. The monoisotopic (exact) mass is 420 g/mol. The van der Waals surface area contributed by atoms with E-state index in [1.54, 1.807) is 41.0 Å². The zero-order valence-corrected chi connectivity index (χ0v) is 16.5. The highest BCUT2D eigenvalue weighted by Crippen LogP contribution is 2.25. The number of nitrogens with zero attached hydrogens (tertiary/aromatic N) is 2. The van der Waals surface area contributed by atoms with Gasteiger partial charge in [-0.15, -0.1) is 0 Å². The van der Waals surface area contributed by atoms with Gasteiger partial charge in [-0.3, -0.25) is 9.59 Å². The molecule has 31 heavy (non-hydrogen) atoms. The van der Waals surface area contributed by atoms with Crippen LogP contribution in [0.4, 0.5) is 20.3 Å². The number of hydrogen-bond donors (Lipinski definition) is 2. The molecule has 0 aliphatic heterocycles. The maximum absolute atomic E-state index is 13.8. The third kappa shape index (κ3) is 4.42. The number of halogens is 2. The summed E-state index contributed by atoms with van der Waals surface area (Å²) in [7, 11) is 0. The van der Waals surface area contributed by atoms with Gasteiger partial charge in [0, 0.05) is 30.6 Å². The Balaban J connectivity index is 1.74. The number of amides is 2. The van der Waals surface area contributed by atoms with E-state index < -0.39 is 11.7 Å². The van der Waals surface area contributed by atoms with Gasteiger partial charge in [0.2, 0.25) is 5.91 Å². The van der Waals surface area contributed by atoms with Crippen molar-refractivity contribution in [2.24, 2.45) is 0 Å². The molecular formula is C23H18F2N4O2. The van der Waals surface area contributed by atoms with E-state index in [2.05, 4.69) is 15.6 Å². The van der Waals surface area contributed by atoms with Gasteiger partial charge < -0.3 is 15.2 Å². The Morgan fingerprint density at radius 3 is 2.55 bits per heavy atom. The molecule has 2 N–H and O–H groups in total. The Morgan fingerprint density at radius 1 is 0.968 bits per heavy atom. The molecule has 0 spiro atoms. The van der Waals surface area contributed by atoms with Crippen molar-refractivity contribution in [3.8, 4) is 0 Å². The molecule has 0 aliphatic rings. The molecule has 0 unspecified atom stereocenters. The number of rotatable bonds is 5. The zero-order chi connectivity index (χ0) is 22.0. The summed E-state index contributed by atoms with van der Waals surface area (Å²) in [6.07, 6.45) is 1.49. The molecule has 8 heteroatoms. The highest BCUT2D eigenvalue weighted by molar-refractivity contribution is 6.08. The van der Waals surface area contributed by atoms with Crippen LogP contribution in [0.25, 0.3) is 10.9 Å². The van der Waals surface area contributed by atoms with Crippen LogP contribution in [0.15, 0.2) is 66.9 Å². The SMILES string of the molecule is CC(=O)Nc1ncccc1NC(=O)c1cc2cc(F)ccc2n1Cc1cccc(F)c1. The first kappa shape index (κ1) is 20.2. The minimum atomic E-state index is -0.479. The highest BCUT2D eigenvalue weighted by atomic mass is 19.1. The van der Waals surface area contributed by atoms with Crippen LogP contribution >= 0.6 is 0 Å². The molecule has 0 radical (unpaired) electrons. The van der Waals surface area contributed by atoms with Gasteiger partial charge in [0.05, 0.1) is 5.69 Å². The van der Waals surface area contributed by atoms with Gasteiger partial charge in [0.25, 0.3) is 5.91 Å². The molecular weight excluding hydrogens is 402 g/mol. The van der Waals surface area contributed by atoms with E-state index in [0.717, 1.165) is 0 Å². The molecule has 0 saturated heterocycles. The quantitative estimate of drug-likeness (QED) is 0.497. The van der Waals surface area contributed by atoms with Gasteiger partial charge in [0.1, 0.15) is 17.3 Å². The second-order valence-corrected chi connectivity index (χ2v) is 6.98. The number of nitrogens with one attached hydrogen (secondary N) is 2. The zero-order valence-electron chi connectivity index (χ0n) is 16.5. The molecule has 156 valence electrons. The number of hydrogen-bond acceptors (Lipinski definition) is 3. The van der Waals surface area contributed by atoms with Gasteiger partial charge in [-0.25, -0.2) is 13.8 Å². The molecule has 2 aromatic carbocycles. The van der Waals surface area contributed by atoms with Crippen LogP contribution in [-0.4, -0.2) is 21.4 Å². The molecule has 0 fully saturated rings. The van der Waals surface area contributed by atoms with Crippen molar-refractivity contribution in [3.63, 3.8) is 0 Å². The van der Waals surface area contributed by atoms with E-state index in [-0.39, 0.29) is 29.8 Å². The molecule has 0 atom stereocenters. The predicted octanol–water partition coefficient (Wildman–Crippen LogP) is 4.57. The van der Waals surface area contributed by atoms with Gasteiger partial charge in [0.15, 0.2) is 5.82 Å². The number of carbonyl (C=O) groups excluding carboxylic acids is 2. The Hall–Kier alpha value is -4.07. The summed E-state index contributed by atoms with van der Waals surface area (Å²) in [5.41, 5.74) is 1.85. The first-order valence-corrected chi connectivity index (χ1v) is 9.48. The maximum atomic E-state index is 13.8. The summed E-state index contributed by atoms with van der Waals surface area (Å²) in [5.74, 6) is -1.41. The molecule has 4 aromatic rings. The largest absolute Gasteiger partial charge is 0.332 e. The van der Waals surface area contributed by atoms with E-state index in [1.807, 2.05) is 0 Å². The van der Waals surface area contributed by atoms with Gasteiger partial charge >= 0.3 is 0 Å². The van der Waals surface area contributed by atoms with E-state index >= 15 is 0 Å². The normalized spacial score (nSPS) is 10.8. The lowest BCUT2D eigenvalue weighted by molar-refractivity contribution is -0.114. The van der Waals surface area contributed by atoms with Gasteiger partial charge in [-0.2, -0.15) is 0 Å². The molecule has 0 saturated carbocycles. The van der Waals surface area contributed by atoms with E-state index in [0.29, 0.717) is 22.2 Å². The summed E-state index contributed by atoms with van der Waals surface area (Å²) in [6, 6.07) is 15.1. The topological polar surface area (TPSA) is 76.0 Å². The molecule has 0 bridgehead atoms. The third-order valence-corrected chi connectivity index (χ3v) is 4.68.